The normalized spacial score (nSPS) is 13.0. The molecule has 0 saturated heterocycles. The van der Waals surface area contributed by atoms with Crippen LogP contribution in [0.4, 0.5) is 0 Å². The minimum Gasteiger partial charge on any atom is -0.478 e. The summed E-state index contributed by atoms with van der Waals surface area (Å²) in [5, 5.41) is 14.2. The summed E-state index contributed by atoms with van der Waals surface area (Å²) in [6, 6.07) is 6.59. The fraction of sp³-hybridized carbons (Fsp3) is 0.167. The summed E-state index contributed by atoms with van der Waals surface area (Å²) in [5.74, 6) is -1.36. The largest absolute Gasteiger partial charge is 0.478 e. The van der Waals surface area contributed by atoms with Crippen molar-refractivity contribution in [2.75, 3.05) is 0 Å². The Morgan fingerprint density at radius 3 is 2.57 bits per heavy atom. The zero-order valence-electron chi connectivity index (χ0n) is 10.9. The van der Waals surface area contributed by atoms with Crippen LogP contribution < -0.4 is 4.72 Å². The second-order valence-electron chi connectivity index (χ2n) is 4.31. The standard InChI is InChI=1S/C12H12BrN3O4S/c1-7(8-2-4-9(13)5-3-8)16-21(19,20)11-10(12(17)18)6-14-15-11/h2-7,16H,1H3,(H,14,15)(H,17,18)/t7-/m1/s1. The Balaban J connectivity index is 2.27. The van der Waals surface area contributed by atoms with Gasteiger partial charge in [-0.15, -0.1) is 0 Å². The number of H-pyrrole nitrogens is 1. The van der Waals surface area contributed by atoms with Gasteiger partial charge in [0.1, 0.15) is 5.56 Å². The smallest absolute Gasteiger partial charge is 0.340 e. The van der Waals surface area contributed by atoms with Crippen LogP contribution >= 0.6 is 15.9 Å². The number of hydrogen-bond donors (Lipinski definition) is 3. The number of sulfonamides is 1. The predicted octanol–water partition coefficient (Wildman–Crippen LogP) is 1.91. The highest BCUT2D eigenvalue weighted by molar-refractivity contribution is 9.10. The summed E-state index contributed by atoms with van der Waals surface area (Å²) in [6.07, 6.45) is 0.960. The zero-order chi connectivity index (χ0) is 15.6. The van der Waals surface area contributed by atoms with E-state index in [1.54, 1.807) is 31.2 Å². The van der Waals surface area contributed by atoms with Gasteiger partial charge in [-0.25, -0.2) is 17.9 Å². The summed E-state index contributed by atoms with van der Waals surface area (Å²) >= 11 is 3.30. The van der Waals surface area contributed by atoms with Gasteiger partial charge in [-0.1, -0.05) is 28.1 Å². The maximum atomic E-state index is 12.2. The number of carbonyl (C=O) groups is 1. The van der Waals surface area contributed by atoms with Crippen molar-refractivity contribution in [2.24, 2.45) is 0 Å². The molecule has 1 heterocycles. The van der Waals surface area contributed by atoms with Crippen LogP contribution in [0.1, 0.15) is 28.9 Å². The highest BCUT2D eigenvalue weighted by Gasteiger charge is 2.26. The first-order chi connectivity index (χ1) is 9.81. The van der Waals surface area contributed by atoms with Crippen LogP contribution in [0.25, 0.3) is 0 Å². The molecule has 0 unspecified atom stereocenters. The predicted molar refractivity (Wildman–Crippen MR) is 78.4 cm³/mol. The molecule has 0 amide bonds. The Kier molecular flexibility index (Phi) is 4.45. The lowest BCUT2D eigenvalue weighted by atomic mass is 10.1. The Morgan fingerprint density at radius 2 is 2.00 bits per heavy atom. The fourth-order valence-corrected chi connectivity index (χ4v) is 3.33. The Hall–Kier alpha value is -1.71. The highest BCUT2D eigenvalue weighted by Crippen LogP contribution is 2.20. The number of carboxylic acid groups (broad SMARTS) is 1. The van der Waals surface area contributed by atoms with Gasteiger partial charge in [0.05, 0.1) is 6.20 Å². The number of nitrogens with one attached hydrogen (secondary N) is 2. The average molecular weight is 374 g/mol. The van der Waals surface area contributed by atoms with E-state index in [1.165, 1.54) is 0 Å². The first-order valence-electron chi connectivity index (χ1n) is 5.85. The third-order valence-corrected chi connectivity index (χ3v) is 4.85. The molecule has 0 spiro atoms. The molecule has 2 aromatic rings. The van der Waals surface area contributed by atoms with Crippen molar-refractivity contribution in [1.82, 2.24) is 14.9 Å². The van der Waals surface area contributed by atoms with Gasteiger partial charge >= 0.3 is 5.97 Å². The summed E-state index contributed by atoms with van der Waals surface area (Å²) in [5.41, 5.74) is 0.351. The molecule has 9 heteroatoms. The van der Waals surface area contributed by atoms with Crippen molar-refractivity contribution in [3.8, 4) is 0 Å². The van der Waals surface area contributed by atoms with Crippen molar-refractivity contribution in [3.63, 3.8) is 0 Å². The van der Waals surface area contributed by atoms with E-state index in [4.69, 9.17) is 5.11 Å². The molecule has 0 aliphatic carbocycles. The van der Waals surface area contributed by atoms with Crippen molar-refractivity contribution >= 4 is 31.9 Å². The van der Waals surface area contributed by atoms with Gasteiger partial charge in [0, 0.05) is 10.5 Å². The molecule has 3 N–H and O–H groups in total. The number of benzene rings is 1. The van der Waals surface area contributed by atoms with Gasteiger partial charge in [-0.05, 0) is 24.6 Å². The lowest BCUT2D eigenvalue weighted by Gasteiger charge is -2.14. The van der Waals surface area contributed by atoms with Gasteiger partial charge in [0.25, 0.3) is 10.0 Å². The molecular weight excluding hydrogens is 362 g/mol. The quantitative estimate of drug-likeness (QED) is 0.740. The molecule has 7 nitrogen and oxygen atoms in total. The number of nitrogens with zero attached hydrogens (tertiary/aromatic N) is 1. The van der Waals surface area contributed by atoms with Crippen molar-refractivity contribution < 1.29 is 18.3 Å². The lowest BCUT2D eigenvalue weighted by molar-refractivity contribution is 0.0692. The Morgan fingerprint density at radius 1 is 1.38 bits per heavy atom. The van der Waals surface area contributed by atoms with Gasteiger partial charge in [0.15, 0.2) is 5.03 Å². The zero-order valence-corrected chi connectivity index (χ0v) is 13.3. The van der Waals surface area contributed by atoms with Gasteiger partial charge in [-0.2, -0.15) is 5.10 Å². The van der Waals surface area contributed by atoms with Crippen LogP contribution in [0, 0.1) is 0 Å². The minimum atomic E-state index is -4.01. The maximum absolute atomic E-state index is 12.2. The molecule has 1 atom stereocenters. The van der Waals surface area contributed by atoms with Crippen LogP contribution in [0.3, 0.4) is 0 Å². The molecule has 0 bridgehead atoms. The number of aromatic nitrogens is 2. The second-order valence-corrected chi connectivity index (χ2v) is 6.88. The number of aromatic amines is 1. The van der Waals surface area contributed by atoms with E-state index in [-0.39, 0.29) is 0 Å². The van der Waals surface area contributed by atoms with E-state index in [2.05, 4.69) is 30.8 Å². The van der Waals surface area contributed by atoms with E-state index >= 15 is 0 Å². The summed E-state index contributed by atoms with van der Waals surface area (Å²) in [6.45, 7) is 1.66. The van der Waals surface area contributed by atoms with Gasteiger partial charge in [-0.3, -0.25) is 5.10 Å². The molecule has 0 fully saturated rings. The molecule has 21 heavy (non-hydrogen) atoms. The summed E-state index contributed by atoms with van der Waals surface area (Å²) in [4.78, 5) is 11.0. The van der Waals surface area contributed by atoms with E-state index in [0.717, 1.165) is 16.2 Å². The van der Waals surface area contributed by atoms with Crippen LogP contribution in [0.2, 0.25) is 0 Å². The maximum Gasteiger partial charge on any atom is 0.340 e. The molecule has 1 aromatic heterocycles. The summed E-state index contributed by atoms with van der Waals surface area (Å²) in [7, 11) is -4.01. The molecule has 0 saturated carbocycles. The van der Waals surface area contributed by atoms with Crippen LogP contribution in [-0.4, -0.2) is 29.7 Å². The van der Waals surface area contributed by atoms with Crippen LogP contribution in [-0.2, 0) is 10.0 Å². The Labute approximate surface area is 129 Å². The van der Waals surface area contributed by atoms with Crippen molar-refractivity contribution in [2.45, 2.75) is 18.0 Å². The van der Waals surface area contributed by atoms with Crippen LogP contribution in [0.15, 0.2) is 40.0 Å². The molecule has 112 valence electrons. The molecule has 0 radical (unpaired) electrons. The number of aromatic carboxylic acids is 1. The minimum absolute atomic E-state index is 0.398. The van der Waals surface area contributed by atoms with Gasteiger partial charge in [0.2, 0.25) is 0 Å². The van der Waals surface area contributed by atoms with E-state index in [0.29, 0.717) is 0 Å². The van der Waals surface area contributed by atoms with Gasteiger partial charge < -0.3 is 5.11 Å². The van der Waals surface area contributed by atoms with Crippen molar-refractivity contribution in [1.29, 1.82) is 0 Å². The third-order valence-electron chi connectivity index (χ3n) is 2.81. The number of rotatable bonds is 5. The first-order valence-corrected chi connectivity index (χ1v) is 8.13. The molecule has 2 rings (SSSR count). The third kappa shape index (κ3) is 3.49. The molecular formula is C12H12BrN3O4S. The summed E-state index contributed by atoms with van der Waals surface area (Å²) < 4.78 is 27.7. The fourth-order valence-electron chi connectivity index (χ4n) is 1.74. The monoisotopic (exact) mass is 373 g/mol. The number of hydrogen-bond acceptors (Lipinski definition) is 4. The van der Waals surface area contributed by atoms with Crippen LogP contribution in [0.5, 0.6) is 0 Å². The highest BCUT2D eigenvalue weighted by atomic mass is 79.9. The number of halogens is 1. The SMILES string of the molecule is C[C@@H](NS(=O)(=O)c1[nH]ncc1C(=O)O)c1ccc(Br)cc1. The topological polar surface area (TPSA) is 112 Å². The van der Waals surface area contributed by atoms with E-state index in [9.17, 15) is 13.2 Å². The molecule has 0 aliphatic heterocycles. The molecule has 0 aliphatic rings. The second kappa shape index (κ2) is 5.96. The van der Waals surface area contributed by atoms with E-state index < -0.39 is 32.6 Å². The van der Waals surface area contributed by atoms with E-state index in [1.807, 2.05) is 0 Å². The van der Waals surface area contributed by atoms with Crippen molar-refractivity contribution in [3.05, 3.63) is 46.1 Å². The molecule has 1 aromatic carbocycles. The average Bonchev–Trinajstić information content (AvgIpc) is 2.89. The number of carboxylic acids is 1. The first kappa shape index (κ1) is 15.7. The lowest BCUT2D eigenvalue weighted by Crippen LogP contribution is -2.28. The Bertz CT molecular complexity index is 755.